The monoisotopic (exact) mass is 734 g/mol. The lowest BCUT2D eigenvalue weighted by Crippen LogP contribution is -2.62. The highest BCUT2D eigenvalue weighted by Gasteiger charge is 2.54. The van der Waals surface area contributed by atoms with Crippen molar-refractivity contribution in [2.24, 2.45) is 5.41 Å². The summed E-state index contributed by atoms with van der Waals surface area (Å²) in [6.07, 6.45) is -3.93. The van der Waals surface area contributed by atoms with E-state index in [1.54, 1.807) is 20.8 Å². The summed E-state index contributed by atoms with van der Waals surface area (Å²) in [6, 6.07) is 18.7. The van der Waals surface area contributed by atoms with Crippen molar-refractivity contribution in [2.75, 3.05) is 19.8 Å². The van der Waals surface area contributed by atoms with Crippen molar-refractivity contribution in [2.45, 2.75) is 124 Å². The summed E-state index contributed by atoms with van der Waals surface area (Å²) in [5, 5.41) is 0. The molecule has 0 amide bonds. The molecule has 1 fully saturated rings. The summed E-state index contributed by atoms with van der Waals surface area (Å²) in [5.74, 6) is -1.50. The molecule has 284 valence electrons. The molecular weight excluding hydrogens is 679 g/mol. The van der Waals surface area contributed by atoms with Crippen molar-refractivity contribution in [3.05, 3.63) is 71.8 Å². The van der Waals surface area contributed by atoms with Gasteiger partial charge in [0.1, 0.15) is 18.0 Å². The third-order valence-electron chi connectivity index (χ3n) is 7.80. The van der Waals surface area contributed by atoms with Crippen LogP contribution >= 0.6 is 7.82 Å². The van der Waals surface area contributed by atoms with Crippen molar-refractivity contribution in [3.63, 3.8) is 0 Å². The van der Waals surface area contributed by atoms with Crippen LogP contribution in [0.4, 0.5) is 0 Å². The van der Waals surface area contributed by atoms with E-state index in [-0.39, 0.29) is 51.7 Å². The van der Waals surface area contributed by atoms with Gasteiger partial charge < -0.3 is 28.5 Å². The van der Waals surface area contributed by atoms with Crippen LogP contribution in [0.15, 0.2) is 60.7 Å². The second-order valence-electron chi connectivity index (χ2n) is 13.5. The van der Waals surface area contributed by atoms with Crippen molar-refractivity contribution in [3.8, 4) is 0 Å². The highest BCUT2D eigenvalue weighted by atomic mass is 31.2. The maximum Gasteiger partial charge on any atom is 0.477 e. The van der Waals surface area contributed by atoms with Gasteiger partial charge in [0.05, 0.1) is 44.9 Å². The Morgan fingerprint density at radius 1 is 0.765 bits per heavy atom. The first-order valence-electron chi connectivity index (χ1n) is 17.7. The van der Waals surface area contributed by atoms with Crippen LogP contribution in [-0.2, 0) is 69.4 Å². The number of carbonyl (C=O) groups is 3. The van der Waals surface area contributed by atoms with Gasteiger partial charge in [-0.3, -0.25) is 23.2 Å². The molecule has 2 aromatic carbocycles. The molecule has 0 bridgehead atoms. The van der Waals surface area contributed by atoms with E-state index in [4.69, 9.17) is 37.3 Å². The highest BCUT2D eigenvalue weighted by Crippen LogP contribution is 2.53. The van der Waals surface area contributed by atoms with Gasteiger partial charge in [0.15, 0.2) is 12.2 Å². The van der Waals surface area contributed by atoms with Crippen LogP contribution in [0, 0.1) is 5.41 Å². The average Bonchev–Trinajstić information content (AvgIpc) is 3.09. The maximum absolute atomic E-state index is 14.2. The van der Waals surface area contributed by atoms with Gasteiger partial charge in [-0.15, -0.1) is 0 Å². The van der Waals surface area contributed by atoms with Gasteiger partial charge >= 0.3 is 19.8 Å². The molecule has 3 rings (SSSR count). The first-order valence-corrected chi connectivity index (χ1v) is 19.2. The molecule has 2 aromatic rings. The minimum absolute atomic E-state index is 0.0263. The van der Waals surface area contributed by atoms with Crippen LogP contribution in [0.25, 0.3) is 0 Å². The van der Waals surface area contributed by atoms with Gasteiger partial charge in [-0.1, -0.05) is 87.4 Å². The predicted octanol–water partition coefficient (Wildman–Crippen LogP) is 7.51. The number of phosphoric acid groups is 1. The van der Waals surface area contributed by atoms with Gasteiger partial charge in [0.2, 0.25) is 6.29 Å². The molecule has 1 aliphatic heterocycles. The predicted molar refractivity (Wildman–Crippen MR) is 189 cm³/mol. The number of ketones is 1. The highest BCUT2D eigenvalue weighted by molar-refractivity contribution is 7.48. The third kappa shape index (κ3) is 14.9. The second-order valence-corrected chi connectivity index (χ2v) is 15.1. The lowest BCUT2D eigenvalue weighted by Gasteiger charge is -2.45. The van der Waals surface area contributed by atoms with E-state index in [0.29, 0.717) is 12.8 Å². The molecular formula is C38H55O12P. The summed E-state index contributed by atoms with van der Waals surface area (Å²) in [6.45, 7) is 10.6. The Bertz CT molecular complexity index is 1370. The van der Waals surface area contributed by atoms with Gasteiger partial charge in [-0.05, 0) is 51.7 Å². The Balaban J connectivity index is 2.08. The van der Waals surface area contributed by atoms with Crippen molar-refractivity contribution >= 4 is 25.5 Å². The lowest BCUT2D eigenvalue weighted by molar-refractivity contribution is -0.301. The molecule has 13 heteroatoms. The second kappa shape index (κ2) is 21.5. The SMILES string of the molecule is CCCCOP(=O)(OCCCC)O[C@@H]1O[C@H](COCc2ccccc2)[C@@H](OC(=O)CCC(C)=O)[C@H](OCc2ccccc2)[C@H]1OC(=O)C(C)(C)C. The Kier molecular flexibility index (Phi) is 17.9. The molecule has 0 aromatic heterocycles. The minimum Gasteiger partial charge on any atom is -0.457 e. The van der Waals surface area contributed by atoms with Gasteiger partial charge in [0.25, 0.3) is 0 Å². The number of hydrogen-bond acceptors (Lipinski definition) is 12. The zero-order valence-electron chi connectivity index (χ0n) is 30.8. The number of esters is 2. The fourth-order valence-corrected chi connectivity index (χ4v) is 6.17. The van der Waals surface area contributed by atoms with Gasteiger partial charge in [0, 0.05) is 6.42 Å². The average molecular weight is 735 g/mol. The number of unbranched alkanes of at least 4 members (excludes halogenated alkanes) is 2. The number of carbonyl (C=O) groups excluding carboxylic acids is 3. The molecule has 0 radical (unpaired) electrons. The molecule has 0 aliphatic carbocycles. The molecule has 1 heterocycles. The van der Waals surface area contributed by atoms with Crippen LogP contribution in [0.1, 0.15) is 91.2 Å². The number of ether oxygens (including phenoxy) is 5. The zero-order valence-corrected chi connectivity index (χ0v) is 31.7. The van der Waals surface area contributed by atoms with E-state index in [1.165, 1.54) is 6.92 Å². The summed E-state index contributed by atoms with van der Waals surface area (Å²) in [4.78, 5) is 38.5. The summed E-state index contributed by atoms with van der Waals surface area (Å²) in [5.41, 5.74) is 0.706. The Morgan fingerprint density at radius 3 is 1.86 bits per heavy atom. The topological polar surface area (TPSA) is 142 Å². The number of benzene rings is 2. The lowest BCUT2D eigenvalue weighted by atomic mass is 9.95. The number of Topliss-reactive ketones (excluding diaryl/α,β-unsaturated/α-hetero) is 1. The minimum atomic E-state index is -4.30. The van der Waals surface area contributed by atoms with E-state index < -0.39 is 55.9 Å². The molecule has 0 N–H and O–H groups in total. The first-order chi connectivity index (χ1) is 24.3. The maximum atomic E-state index is 14.2. The largest absolute Gasteiger partial charge is 0.477 e. The Morgan fingerprint density at radius 2 is 1.33 bits per heavy atom. The van der Waals surface area contributed by atoms with Crippen molar-refractivity contribution < 1.29 is 56.2 Å². The van der Waals surface area contributed by atoms with Crippen molar-refractivity contribution in [1.82, 2.24) is 0 Å². The van der Waals surface area contributed by atoms with E-state index in [1.807, 2.05) is 74.5 Å². The molecule has 1 aliphatic rings. The number of phosphoric ester groups is 1. The first kappa shape index (κ1) is 42.5. The molecule has 0 unspecified atom stereocenters. The number of rotatable bonds is 22. The molecule has 5 atom stereocenters. The Labute approximate surface area is 302 Å². The molecule has 0 saturated carbocycles. The molecule has 0 spiro atoms. The summed E-state index contributed by atoms with van der Waals surface area (Å²) in [7, 11) is -4.30. The quantitative estimate of drug-likeness (QED) is 0.0671. The van der Waals surface area contributed by atoms with Crippen molar-refractivity contribution in [1.29, 1.82) is 0 Å². The fourth-order valence-electron chi connectivity index (χ4n) is 4.84. The molecule has 12 nitrogen and oxygen atoms in total. The smallest absolute Gasteiger partial charge is 0.457 e. The van der Waals surface area contributed by atoms with Crippen LogP contribution in [-0.4, -0.2) is 68.2 Å². The van der Waals surface area contributed by atoms with Gasteiger partial charge in [-0.25, -0.2) is 4.57 Å². The molecule has 1 saturated heterocycles. The normalized spacial score (nSPS) is 20.9. The van der Waals surface area contributed by atoms with Crippen LogP contribution < -0.4 is 0 Å². The van der Waals surface area contributed by atoms with Crippen LogP contribution in [0.5, 0.6) is 0 Å². The van der Waals surface area contributed by atoms with Crippen LogP contribution in [0.3, 0.4) is 0 Å². The van der Waals surface area contributed by atoms with E-state index in [2.05, 4.69) is 0 Å². The van der Waals surface area contributed by atoms with Gasteiger partial charge in [-0.2, -0.15) is 0 Å². The summed E-state index contributed by atoms with van der Waals surface area (Å²) >= 11 is 0. The molecule has 51 heavy (non-hydrogen) atoms. The van der Waals surface area contributed by atoms with E-state index >= 15 is 0 Å². The van der Waals surface area contributed by atoms with E-state index in [0.717, 1.165) is 24.0 Å². The Hall–Kier alpha value is -2.96. The fraction of sp³-hybridized carbons (Fsp3) is 0.605. The van der Waals surface area contributed by atoms with Crippen LogP contribution in [0.2, 0.25) is 0 Å². The summed E-state index contributed by atoms with van der Waals surface area (Å²) < 4.78 is 62.7. The third-order valence-corrected chi connectivity index (χ3v) is 9.27. The zero-order chi connectivity index (χ0) is 37.3. The number of hydrogen-bond donors (Lipinski definition) is 0. The van der Waals surface area contributed by atoms with E-state index in [9.17, 15) is 18.9 Å². The standard InChI is InChI=1S/C38H55O12P/c1-7-9-23-45-51(42,46-24-10-8-2)50-36-35(49-37(41)38(4,5)6)34(44-26-30-19-15-12-16-20-30)33(48-32(40)22-21-28(3)39)31(47-36)27-43-25-29-17-13-11-14-18-29/h11-20,31,33-36H,7-10,21-27H2,1-6H3/t31-,33-,34+,35-,36+/m1/s1.